The van der Waals surface area contributed by atoms with Crippen LogP contribution in [0, 0.1) is 5.41 Å². The van der Waals surface area contributed by atoms with Gasteiger partial charge in [-0.1, -0.05) is 27.7 Å². The second-order valence-electron chi connectivity index (χ2n) is 4.05. The van der Waals surface area contributed by atoms with E-state index >= 15 is 0 Å². The van der Waals surface area contributed by atoms with Gasteiger partial charge in [0, 0.05) is 17.9 Å². The summed E-state index contributed by atoms with van der Waals surface area (Å²) in [5, 5.41) is 0. The molecule has 0 aromatic heterocycles. The number of hydrogen-bond donors (Lipinski definition) is 1. The third kappa shape index (κ3) is 4.14. The summed E-state index contributed by atoms with van der Waals surface area (Å²) >= 11 is 0. The summed E-state index contributed by atoms with van der Waals surface area (Å²) in [5.74, 6) is 0.256. The lowest BCUT2D eigenvalue weighted by molar-refractivity contribution is -0.126. The fourth-order valence-electron chi connectivity index (χ4n) is 0.689. The van der Waals surface area contributed by atoms with Gasteiger partial charge in [-0.2, -0.15) is 0 Å². The second kappa shape index (κ2) is 3.86. The van der Waals surface area contributed by atoms with Gasteiger partial charge in [-0.25, -0.2) is 0 Å². The molecule has 0 heterocycles. The first kappa shape index (κ1) is 10.6. The molecule has 0 aliphatic heterocycles. The summed E-state index contributed by atoms with van der Waals surface area (Å²) in [4.78, 5) is 11.4. The van der Waals surface area contributed by atoms with Crippen molar-refractivity contribution in [2.45, 2.75) is 46.6 Å². The minimum Gasteiger partial charge on any atom is -0.327 e. The predicted molar refractivity (Wildman–Crippen MR) is 47.3 cm³/mol. The topological polar surface area (TPSA) is 43.1 Å². The molecule has 2 heteroatoms. The van der Waals surface area contributed by atoms with E-state index in [2.05, 4.69) is 0 Å². The minimum absolute atomic E-state index is 0.0433. The molecule has 0 radical (unpaired) electrons. The van der Waals surface area contributed by atoms with Crippen LogP contribution in [-0.4, -0.2) is 11.8 Å². The molecule has 2 N–H and O–H groups in total. The fraction of sp³-hybridized carbons (Fsp3) is 0.889. The molecule has 0 aliphatic rings. The number of rotatable bonds is 3. The highest BCUT2D eigenvalue weighted by atomic mass is 16.1. The van der Waals surface area contributed by atoms with Crippen molar-refractivity contribution in [2.75, 3.05) is 0 Å². The van der Waals surface area contributed by atoms with Crippen molar-refractivity contribution < 1.29 is 4.79 Å². The summed E-state index contributed by atoms with van der Waals surface area (Å²) in [6, 6.07) is 0.0433. The predicted octanol–water partition coefficient (Wildman–Crippen LogP) is 1.73. The van der Waals surface area contributed by atoms with Crippen LogP contribution in [0.5, 0.6) is 0 Å². The van der Waals surface area contributed by atoms with E-state index < -0.39 is 0 Å². The third-order valence-corrected chi connectivity index (χ3v) is 1.81. The Labute approximate surface area is 69.2 Å². The highest BCUT2D eigenvalue weighted by molar-refractivity contribution is 5.84. The van der Waals surface area contributed by atoms with Gasteiger partial charge in [0.15, 0.2) is 0 Å². The van der Waals surface area contributed by atoms with Gasteiger partial charge in [0.1, 0.15) is 5.78 Å². The zero-order valence-corrected chi connectivity index (χ0v) is 7.98. The van der Waals surface area contributed by atoms with E-state index in [-0.39, 0.29) is 17.2 Å². The number of carbonyl (C=O) groups excluding carboxylic acids is 1. The van der Waals surface area contributed by atoms with Gasteiger partial charge in [0.05, 0.1) is 0 Å². The molecule has 0 fully saturated rings. The van der Waals surface area contributed by atoms with Gasteiger partial charge < -0.3 is 5.73 Å². The van der Waals surface area contributed by atoms with Gasteiger partial charge in [-0.15, -0.1) is 0 Å². The van der Waals surface area contributed by atoms with Gasteiger partial charge in [0.25, 0.3) is 0 Å². The Morgan fingerprint density at radius 2 is 1.91 bits per heavy atom. The van der Waals surface area contributed by atoms with E-state index in [1.165, 1.54) is 0 Å². The monoisotopic (exact) mass is 157 g/mol. The Morgan fingerprint density at radius 1 is 1.45 bits per heavy atom. The lowest BCUT2D eigenvalue weighted by atomic mass is 9.87. The average Bonchev–Trinajstić information content (AvgIpc) is 1.85. The SMILES string of the molecule is CC[C@H](N)CC(=O)C(C)(C)C. The Hall–Kier alpha value is -0.370. The van der Waals surface area contributed by atoms with Crippen molar-refractivity contribution in [3.8, 4) is 0 Å². The molecule has 0 saturated carbocycles. The van der Waals surface area contributed by atoms with E-state index in [9.17, 15) is 4.79 Å². The van der Waals surface area contributed by atoms with Crippen LogP contribution in [0.25, 0.3) is 0 Å². The molecule has 2 nitrogen and oxygen atoms in total. The fourth-order valence-corrected chi connectivity index (χ4v) is 0.689. The van der Waals surface area contributed by atoms with Crippen molar-refractivity contribution in [3.05, 3.63) is 0 Å². The molecule has 0 aliphatic carbocycles. The zero-order chi connectivity index (χ0) is 9.07. The molecule has 0 rings (SSSR count). The van der Waals surface area contributed by atoms with Crippen LogP contribution in [0.4, 0.5) is 0 Å². The van der Waals surface area contributed by atoms with Gasteiger partial charge in [-0.3, -0.25) is 4.79 Å². The molecule has 1 atom stereocenters. The van der Waals surface area contributed by atoms with E-state index in [1.807, 2.05) is 27.7 Å². The van der Waals surface area contributed by atoms with Crippen LogP contribution in [-0.2, 0) is 4.79 Å². The first-order chi connectivity index (χ1) is 4.88. The smallest absolute Gasteiger partial charge is 0.139 e. The number of hydrogen-bond acceptors (Lipinski definition) is 2. The summed E-state index contributed by atoms with van der Waals surface area (Å²) in [6.45, 7) is 7.79. The third-order valence-electron chi connectivity index (χ3n) is 1.81. The highest BCUT2D eigenvalue weighted by Gasteiger charge is 2.22. The van der Waals surface area contributed by atoms with Crippen LogP contribution >= 0.6 is 0 Å². The van der Waals surface area contributed by atoms with Crippen LogP contribution in [0.15, 0.2) is 0 Å². The largest absolute Gasteiger partial charge is 0.327 e. The molecule has 0 amide bonds. The maximum Gasteiger partial charge on any atom is 0.139 e. The number of Topliss-reactive ketones (excluding diaryl/α,β-unsaturated/α-hetero) is 1. The summed E-state index contributed by atoms with van der Waals surface area (Å²) in [7, 11) is 0. The Morgan fingerprint density at radius 3 is 2.18 bits per heavy atom. The molecule has 0 aromatic carbocycles. The lowest BCUT2D eigenvalue weighted by Gasteiger charge is -2.18. The van der Waals surface area contributed by atoms with E-state index in [1.54, 1.807) is 0 Å². The number of carbonyl (C=O) groups is 1. The van der Waals surface area contributed by atoms with Crippen molar-refractivity contribution in [1.29, 1.82) is 0 Å². The maximum atomic E-state index is 11.4. The molecule has 0 bridgehead atoms. The summed E-state index contributed by atoms with van der Waals surface area (Å²) in [6.07, 6.45) is 1.39. The standard InChI is InChI=1S/C9H19NO/c1-5-7(10)6-8(11)9(2,3)4/h7H,5-6,10H2,1-4H3/t7-/m0/s1. The van der Waals surface area contributed by atoms with Crippen molar-refractivity contribution >= 4 is 5.78 Å². The molecule has 0 aromatic rings. The molecule has 66 valence electrons. The Bertz CT molecular complexity index is 135. The first-order valence-corrected chi connectivity index (χ1v) is 4.16. The summed E-state index contributed by atoms with van der Waals surface area (Å²) in [5.41, 5.74) is 5.42. The Kier molecular flexibility index (Phi) is 3.73. The van der Waals surface area contributed by atoms with E-state index in [4.69, 9.17) is 5.73 Å². The maximum absolute atomic E-state index is 11.4. The van der Waals surface area contributed by atoms with Gasteiger partial charge >= 0.3 is 0 Å². The van der Waals surface area contributed by atoms with Crippen molar-refractivity contribution in [2.24, 2.45) is 11.1 Å². The van der Waals surface area contributed by atoms with E-state index in [0.717, 1.165) is 6.42 Å². The van der Waals surface area contributed by atoms with Crippen LogP contribution in [0.1, 0.15) is 40.5 Å². The summed E-state index contributed by atoms with van der Waals surface area (Å²) < 4.78 is 0. The van der Waals surface area contributed by atoms with Crippen LogP contribution < -0.4 is 5.73 Å². The van der Waals surface area contributed by atoms with Gasteiger partial charge in [-0.05, 0) is 6.42 Å². The zero-order valence-electron chi connectivity index (χ0n) is 7.98. The number of nitrogens with two attached hydrogens (primary N) is 1. The molecule has 0 spiro atoms. The first-order valence-electron chi connectivity index (χ1n) is 4.16. The molecular weight excluding hydrogens is 138 g/mol. The molecule has 11 heavy (non-hydrogen) atoms. The lowest BCUT2D eigenvalue weighted by Crippen LogP contribution is -2.29. The van der Waals surface area contributed by atoms with E-state index in [0.29, 0.717) is 6.42 Å². The second-order valence-corrected chi connectivity index (χ2v) is 4.05. The van der Waals surface area contributed by atoms with Crippen LogP contribution in [0.2, 0.25) is 0 Å². The molecule has 0 unspecified atom stereocenters. The highest BCUT2D eigenvalue weighted by Crippen LogP contribution is 2.17. The quantitative estimate of drug-likeness (QED) is 0.678. The van der Waals surface area contributed by atoms with Crippen molar-refractivity contribution in [3.63, 3.8) is 0 Å². The normalized spacial score (nSPS) is 14.6. The van der Waals surface area contributed by atoms with Crippen LogP contribution in [0.3, 0.4) is 0 Å². The molecular formula is C9H19NO. The van der Waals surface area contributed by atoms with Crippen molar-refractivity contribution in [1.82, 2.24) is 0 Å². The average molecular weight is 157 g/mol. The Balaban J connectivity index is 3.88. The number of ketones is 1. The van der Waals surface area contributed by atoms with Gasteiger partial charge in [0.2, 0.25) is 0 Å². The molecule has 0 saturated heterocycles. The minimum atomic E-state index is -0.229.